The molecule has 0 fully saturated rings. The smallest absolute Gasteiger partial charge is 0.129 e. The van der Waals surface area contributed by atoms with Gasteiger partial charge in [-0.1, -0.05) is 51.1 Å². The molecule has 0 aliphatic rings. The number of aliphatic hydroxyl groups excluding tert-OH is 1. The van der Waals surface area contributed by atoms with E-state index in [2.05, 4.69) is 44.1 Å². The van der Waals surface area contributed by atoms with Crippen LogP contribution in [0.5, 0.6) is 0 Å². The van der Waals surface area contributed by atoms with Gasteiger partial charge in [0.05, 0.1) is 0 Å². The van der Waals surface area contributed by atoms with Gasteiger partial charge in [0.25, 0.3) is 0 Å². The predicted molar refractivity (Wildman–Crippen MR) is 65.8 cm³/mol. The Bertz CT molecular complexity index is 227. The molecule has 1 unspecified atom stereocenters. The molecule has 0 aromatic heterocycles. The molecule has 0 aliphatic heterocycles. The second kappa shape index (κ2) is 6.86. The van der Waals surface area contributed by atoms with Gasteiger partial charge in [0.15, 0.2) is 0 Å². The minimum Gasteiger partial charge on any atom is -0.380 e. The molecule has 0 saturated carbocycles. The van der Waals surface area contributed by atoms with Crippen LogP contribution < -0.4 is 0 Å². The Balaban J connectivity index is 3.85. The van der Waals surface area contributed by atoms with E-state index in [0.29, 0.717) is 6.42 Å². The van der Waals surface area contributed by atoms with E-state index in [4.69, 9.17) is 0 Å². The summed E-state index contributed by atoms with van der Waals surface area (Å²) in [5.41, 5.74) is 3.17. The molecular weight excluding hydrogens is 188 g/mol. The highest BCUT2D eigenvalue weighted by atomic mass is 28.3. The SMILES string of the molecule is CCC/C=C\CC(O)C#C[Si](C)(C)C. The fourth-order valence-corrected chi connectivity index (χ4v) is 1.47. The molecule has 0 aromatic rings. The van der Waals surface area contributed by atoms with E-state index >= 15 is 0 Å². The molecule has 80 valence electrons. The molecule has 0 radical (unpaired) electrons. The molecule has 0 saturated heterocycles. The van der Waals surface area contributed by atoms with Gasteiger partial charge in [-0.15, -0.1) is 5.54 Å². The molecule has 1 nitrogen and oxygen atoms in total. The number of unbranched alkanes of at least 4 members (excludes halogenated alkanes) is 1. The summed E-state index contributed by atoms with van der Waals surface area (Å²) >= 11 is 0. The van der Waals surface area contributed by atoms with Crippen LogP contribution >= 0.6 is 0 Å². The van der Waals surface area contributed by atoms with E-state index in [1.54, 1.807) is 0 Å². The molecule has 2 heteroatoms. The standard InChI is InChI=1S/C12H22OSi/c1-5-6-7-8-9-12(13)10-11-14(2,3)4/h7-8,12-13H,5-6,9H2,1-4H3/b8-7-. The van der Waals surface area contributed by atoms with Gasteiger partial charge in [-0.2, -0.15) is 0 Å². The van der Waals surface area contributed by atoms with Crippen molar-refractivity contribution in [1.82, 2.24) is 0 Å². The number of hydrogen-bond acceptors (Lipinski definition) is 1. The van der Waals surface area contributed by atoms with E-state index in [1.807, 2.05) is 6.08 Å². The highest BCUT2D eigenvalue weighted by molar-refractivity contribution is 6.83. The fraction of sp³-hybridized carbons (Fsp3) is 0.667. The maximum absolute atomic E-state index is 9.51. The van der Waals surface area contributed by atoms with E-state index in [1.165, 1.54) is 0 Å². The van der Waals surface area contributed by atoms with Gasteiger partial charge in [0.1, 0.15) is 14.2 Å². The lowest BCUT2D eigenvalue weighted by Gasteiger charge is -2.05. The summed E-state index contributed by atoms with van der Waals surface area (Å²) in [5.74, 6) is 2.92. The van der Waals surface area contributed by atoms with Crippen LogP contribution in [0.3, 0.4) is 0 Å². The molecule has 0 rings (SSSR count). The monoisotopic (exact) mass is 210 g/mol. The van der Waals surface area contributed by atoms with Crippen molar-refractivity contribution in [2.45, 2.75) is 51.9 Å². The number of aliphatic hydroxyl groups is 1. The lowest BCUT2D eigenvalue weighted by Crippen LogP contribution is -2.17. The Kier molecular flexibility index (Phi) is 6.60. The first-order valence-electron chi connectivity index (χ1n) is 5.31. The van der Waals surface area contributed by atoms with Crippen molar-refractivity contribution in [2.24, 2.45) is 0 Å². The molecule has 0 heterocycles. The first-order chi connectivity index (χ1) is 6.45. The van der Waals surface area contributed by atoms with Crippen LogP contribution in [0, 0.1) is 11.5 Å². The van der Waals surface area contributed by atoms with Crippen molar-refractivity contribution in [3.63, 3.8) is 0 Å². The molecule has 14 heavy (non-hydrogen) atoms. The molecule has 0 aromatic carbocycles. The zero-order valence-electron chi connectivity index (χ0n) is 9.80. The summed E-state index contributed by atoms with van der Waals surface area (Å²) < 4.78 is 0. The third-order valence-corrected chi connectivity index (χ3v) is 2.49. The second-order valence-corrected chi connectivity index (χ2v) is 9.28. The highest BCUT2D eigenvalue weighted by Crippen LogP contribution is 1.99. The topological polar surface area (TPSA) is 20.2 Å². The van der Waals surface area contributed by atoms with Crippen LogP contribution in [0.25, 0.3) is 0 Å². The molecule has 0 aliphatic carbocycles. The van der Waals surface area contributed by atoms with Crippen LogP contribution in [0.1, 0.15) is 26.2 Å². The van der Waals surface area contributed by atoms with Crippen molar-refractivity contribution in [3.05, 3.63) is 12.2 Å². The van der Waals surface area contributed by atoms with Crippen LogP contribution in [0.2, 0.25) is 19.6 Å². The van der Waals surface area contributed by atoms with Crippen molar-refractivity contribution in [1.29, 1.82) is 0 Å². The summed E-state index contributed by atoms with van der Waals surface area (Å²) in [7, 11) is -1.32. The minimum atomic E-state index is -1.32. The van der Waals surface area contributed by atoms with Gasteiger partial charge >= 0.3 is 0 Å². The van der Waals surface area contributed by atoms with Gasteiger partial charge in [0, 0.05) is 6.42 Å². The Hall–Kier alpha value is -0.523. The lowest BCUT2D eigenvalue weighted by atomic mass is 10.2. The summed E-state index contributed by atoms with van der Waals surface area (Å²) in [6.07, 6.45) is 6.57. The van der Waals surface area contributed by atoms with Crippen molar-refractivity contribution in [2.75, 3.05) is 0 Å². The summed E-state index contributed by atoms with van der Waals surface area (Å²) in [6, 6.07) is 0. The van der Waals surface area contributed by atoms with Crippen molar-refractivity contribution >= 4 is 8.07 Å². The highest BCUT2D eigenvalue weighted by Gasteiger charge is 2.08. The summed E-state index contributed by atoms with van der Waals surface area (Å²) in [6.45, 7) is 8.69. The summed E-state index contributed by atoms with van der Waals surface area (Å²) in [5, 5.41) is 9.51. The quantitative estimate of drug-likeness (QED) is 0.430. The number of rotatable bonds is 4. The van der Waals surface area contributed by atoms with Crippen LogP contribution in [0.4, 0.5) is 0 Å². The first kappa shape index (κ1) is 13.5. The first-order valence-corrected chi connectivity index (χ1v) is 8.81. The second-order valence-electron chi connectivity index (χ2n) is 4.53. The van der Waals surface area contributed by atoms with Gasteiger partial charge < -0.3 is 5.11 Å². The maximum Gasteiger partial charge on any atom is 0.129 e. The van der Waals surface area contributed by atoms with Crippen LogP contribution in [-0.4, -0.2) is 19.3 Å². The average molecular weight is 210 g/mol. The molecule has 1 atom stereocenters. The molecule has 0 amide bonds. The third kappa shape index (κ3) is 9.56. The van der Waals surface area contributed by atoms with Gasteiger partial charge in [-0.05, 0) is 6.42 Å². The van der Waals surface area contributed by atoms with Crippen molar-refractivity contribution < 1.29 is 5.11 Å². The lowest BCUT2D eigenvalue weighted by molar-refractivity contribution is 0.236. The largest absolute Gasteiger partial charge is 0.380 e. The third-order valence-electron chi connectivity index (χ3n) is 1.60. The molecule has 0 bridgehead atoms. The van der Waals surface area contributed by atoms with E-state index in [-0.39, 0.29) is 0 Å². The number of allylic oxidation sites excluding steroid dienone is 1. The van der Waals surface area contributed by atoms with Crippen LogP contribution in [-0.2, 0) is 0 Å². The van der Waals surface area contributed by atoms with Gasteiger partial charge in [-0.25, -0.2) is 0 Å². The molecule has 1 N–H and O–H groups in total. The maximum atomic E-state index is 9.51. The molecular formula is C12H22OSi. The predicted octanol–water partition coefficient (Wildman–Crippen LogP) is 2.97. The van der Waals surface area contributed by atoms with E-state index < -0.39 is 14.2 Å². The molecule has 0 spiro atoms. The Morgan fingerprint density at radius 1 is 1.29 bits per heavy atom. The zero-order valence-corrected chi connectivity index (χ0v) is 10.8. The fourth-order valence-electron chi connectivity index (χ4n) is 0.868. The average Bonchev–Trinajstić information content (AvgIpc) is 2.08. The van der Waals surface area contributed by atoms with E-state index in [0.717, 1.165) is 12.8 Å². The minimum absolute atomic E-state index is 0.477. The van der Waals surface area contributed by atoms with E-state index in [9.17, 15) is 5.11 Å². The van der Waals surface area contributed by atoms with Gasteiger partial charge in [0.2, 0.25) is 0 Å². The number of hydrogen-bond donors (Lipinski definition) is 1. The van der Waals surface area contributed by atoms with Crippen molar-refractivity contribution in [3.8, 4) is 11.5 Å². The van der Waals surface area contributed by atoms with Crippen LogP contribution in [0.15, 0.2) is 12.2 Å². The normalized spacial score (nSPS) is 13.8. The zero-order chi connectivity index (χ0) is 11.0. The Labute approximate surface area is 89.2 Å². The Morgan fingerprint density at radius 2 is 1.93 bits per heavy atom. The Morgan fingerprint density at radius 3 is 2.43 bits per heavy atom. The van der Waals surface area contributed by atoms with Gasteiger partial charge in [-0.3, -0.25) is 0 Å². The summed E-state index contributed by atoms with van der Waals surface area (Å²) in [4.78, 5) is 0.